The molecule has 16 rings (SSSR count). The molecule has 12 heteroatoms. The molecule has 0 radical (unpaired) electrons. The maximum atomic E-state index is 7.42. The summed E-state index contributed by atoms with van der Waals surface area (Å²) in [6, 6.07) is 73.6. The van der Waals surface area contributed by atoms with Gasteiger partial charge in [0.25, 0.3) is 0 Å². The second kappa shape index (κ2) is 56.7. The number of hydrogen-bond acceptors (Lipinski definition) is 11. The van der Waals surface area contributed by atoms with Crippen molar-refractivity contribution in [1.82, 2.24) is 4.98 Å². The molecule has 760 valence electrons. The van der Waals surface area contributed by atoms with Crippen molar-refractivity contribution in [3.8, 4) is 34.5 Å². The number of fused-ring (bicyclic) bond motifs is 13. The average Bonchev–Trinajstić information content (AvgIpc) is 1.51. The molecule has 12 nitrogen and oxygen atoms in total. The van der Waals surface area contributed by atoms with Crippen LogP contribution in [-0.4, -0.2) is 67.8 Å². The van der Waals surface area contributed by atoms with Gasteiger partial charge >= 0.3 is 0 Å². The van der Waals surface area contributed by atoms with Crippen LogP contribution in [0.25, 0.3) is 65.5 Å². The number of nitrogens with one attached hydrogen (secondary N) is 1. The number of benzene rings is 10. The van der Waals surface area contributed by atoms with E-state index >= 15 is 0 Å². The summed E-state index contributed by atoms with van der Waals surface area (Å²) in [5, 5.41) is 9.14. The van der Waals surface area contributed by atoms with Gasteiger partial charge in [0.1, 0.15) is 6.04 Å². The van der Waals surface area contributed by atoms with Gasteiger partial charge in [-0.15, -0.1) is 0 Å². The van der Waals surface area contributed by atoms with Crippen LogP contribution in [-0.2, 0) is 0 Å². The van der Waals surface area contributed by atoms with Crippen molar-refractivity contribution in [3.05, 3.63) is 276 Å². The summed E-state index contributed by atoms with van der Waals surface area (Å²) < 4.78 is 44.1. The molecule has 0 aliphatic carbocycles. The van der Waals surface area contributed by atoms with Crippen LogP contribution in [0.2, 0.25) is 0 Å². The number of unbranched alkanes of at least 4 members (excludes halogenated alkanes) is 42. The van der Waals surface area contributed by atoms with Gasteiger partial charge in [-0.25, -0.2) is 9.98 Å². The van der Waals surface area contributed by atoms with E-state index in [1.165, 1.54) is 237 Å². The van der Waals surface area contributed by atoms with Crippen LogP contribution in [0.5, 0.6) is 34.5 Å². The molecule has 0 amide bonds. The first-order chi connectivity index (χ1) is 71.3. The van der Waals surface area contributed by atoms with Crippen LogP contribution in [0.15, 0.2) is 263 Å². The number of aliphatic imine (C=N–C) groups is 3. The van der Waals surface area contributed by atoms with Crippen LogP contribution < -0.4 is 38.2 Å². The fourth-order valence-corrected chi connectivity index (χ4v) is 21.8. The maximum absolute atomic E-state index is 7.42. The smallest absolute Gasteiger partial charge is 0.203 e. The van der Waals surface area contributed by atoms with E-state index in [0.717, 1.165) is 222 Å². The van der Waals surface area contributed by atoms with Crippen LogP contribution in [0.3, 0.4) is 0 Å². The SMILES string of the molecule is CCCCCCCCCCOc1cc(/C2=C3\C=CC(=N3)C3C4=N/C(=C(/c5cc(OCCCCCCCCCC)c(OCCCCCCCCCC)c(OCCCCCCCCCC)c5)c5ccc([nH]5)/C(N(c5ccc6ccccc6c5)c5ccc6ccccc6c5)=C5/C=CC2=N5)C=C4c2c(ccc4ccccc24)N3c2ccc3ccccc3c2)cc(OCCCCCCCCCC)c1OCCCCCCCCCC. The molecule has 6 heterocycles. The van der Waals surface area contributed by atoms with Gasteiger partial charge in [0.05, 0.1) is 90.9 Å². The minimum absolute atomic E-state index is 0.535. The highest BCUT2D eigenvalue weighted by Crippen LogP contribution is 2.53. The normalized spacial score (nSPS) is 15.7. The molecular weight excluding hydrogens is 1770 g/mol. The Morgan fingerprint density at radius 1 is 0.292 bits per heavy atom. The van der Waals surface area contributed by atoms with Crippen LogP contribution in [0.4, 0.5) is 22.7 Å². The highest BCUT2D eigenvalue weighted by atomic mass is 16.5. The van der Waals surface area contributed by atoms with E-state index in [-0.39, 0.29) is 0 Å². The Labute approximate surface area is 863 Å². The molecule has 5 aliphatic heterocycles. The van der Waals surface area contributed by atoms with E-state index in [0.29, 0.717) is 74.1 Å². The molecule has 1 atom stereocenters. The summed E-state index contributed by atoms with van der Waals surface area (Å²) in [6.07, 6.45) is 68.6. The van der Waals surface area contributed by atoms with Crippen molar-refractivity contribution in [2.24, 2.45) is 15.0 Å². The van der Waals surface area contributed by atoms with E-state index in [2.05, 4.69) is 287 Å². The van der Waals surface area contributed by atoms with Crippen LogP contribution in [0, 0.1) is 0 Å². The highest BCUT2D eigenvalue weighted by Gasteiger charge is 2.44. The lowest BCUT2D eigenvalue weighted by atomic mass is 9.83. The lowest BCUT2D eigenvalue weighted by Crippen LogP contribution is -2.46. The van der Waals surface area contributed by atoms with Gasteiger partial charge in [0.2, 0.25) is 11.5 Å². The van der Waals surface area contributed by atoms with Gasteiger partial charge in [-0.1, -0.05) is 433 Å². The van der Waals surface area contributed by atoms with E-state index in [1.54, 1.807) is 0 Å². The lowest BCUT2D eigenvalue weighted by molar-refractivity contribution is 0.234. The van der Waals surface area contributed by atoms with Crippen molar-refractivity contribution in [3.63, 3.8) is 0 Å². The first kappa shape index (κ1) is 105. The van der Waals surface area contributed by atoms with Crippen molar-refractivity contribution in [2.75, 3.05) is 49.4 Å². The molecule has 0 saturated carbocycles. The third-order valence-electron chi connectivity index (χ3n) is 29.9. The minimum atomic E-state index is -0.584. The Bertz CT molecular complexity index is 6100. The molecule has 0 fully saturated rings. The summed E-state index contributed by atoms with van der Waals surface area (Å²) in [6.45, 7) is 17.1. The first-order valence-electron chi connectivity index (χ1n) is 57.3. The number of H-pyrrole nitrogens is 1. The van der Waals surface area contributed by atoms with E-state index in [4.69, 9.17) is 43.4 Å². The Hall–Kier alpha value is -11.6. The van der Waals surface area contributed by atoms with E-state index in [1.807, 2.05) is 0 Å². The Morgan fingerprint density at radius 3 is 1.09 bits per heavy atom. The van der Waals surface area contributed by atoms with Gasteiger partial charge < -0.3 is 43.2 Å². The molecule has 1 aromatic heterocycles. The predicted octanol–water partition coefficient (Wildman–Crippen LogP) is 38.5. The van der Waals surface area contributed by atoms with E-state index in [9.17, 15) is 0 Å². The summed E-state index contributed by atoms with van der Waals surface area (Å²) in [5.74, 6) is 4.08. The zero-order valence-electron chi connectivity index (χ0n) is 88.4. The van der Waals surface area contributed by atoms with Crippen LogP contribution >= 0.6 is 0 Å². The third kappa shape index (κ3) is 28.4. The third-order valence-corrected chi connectivity index (χ3v) is 29.9. The summed E-state index contributed by atoms with van der Waals surface area (Å²) >= 11 is 0. The molecule has 1 N–H and O–H groups in total. The molecule has 8 bridgehead atoms. The molecule has 10 aromatic carbocycles. The molecule has 5 aliphatic rings. The number of anilines is 4. The first-order valence-corrected chi connectivity index (χ1v) is 57.3. The molecule has 11 aromatic rings. The zero-order valence-corrected chi connectivity index (χ0v) is 88.4. The number of aromatic nitrogens is 1. The summed E-state index contributed by atoms with van der Waals surface area (Å²) in [4.78, 5) is 28.2. The molecular formula is C132H166N6O6. The number of ether oxygens (including phenoxy) is 6. The topological polar surface area (TPSA) is 115 Å². The van der Waals surface area contributed by atoms with Crippen molar-refractivity contribution in [2.45, 2.75) is 356 Å². The Balaban J connectivity index is 0.946. The van der Waals surface area contributed by atoms with Gasteiger partial charge in [-0.05, 0) is 202 Å². The second-order valence-corrected chi connectivity index (χ2v) is 41.2. The monoisotopic (exact) mass is 1930 g/mol. The quantitative estimate of drug-likeness (QED) is 0.0375. The Kier molecular flexibility index (Phi) is 41.4. The van der Waals surface area contributed by atoms with Crippen molar-refractivity contribution >= 4 is 105 Å². The highest BCUT2D eigenvalue weighted by molar-refractivity contribution is 6.43. The van der Waals surface area contributed by atoms with Gasteiger partial charge in [-0.2, -0.15) is 0 Å². The predicted molar refractivity (Wildman–Crippen MR) is 615 cm³/mol. The maximum Gasteiger partial charge on any atom is 0.203 e. The summed E-state index contributed by atoms with van der Waals surface area (Å²) in [5.41, 5.74) is 17.0. The minimum Gasteiger partial charge on any atom is -0.490 e. The standard InChI is InChI=1S/C132H166N6O6/c1-7-13-19-25-31-37-43-57-85-139-121-94-106(95-122(140-86-58-44-38-32-26-20-14-8-2)131(121)143-89-61-47-41-35-29-23-17-11-5)125-113-78-81-116(133-113)129(137(108-75-71-99-63-49-52-67-103(99)91-108)109-76-72-100-64-50-53-68-104(100)92-109)117-82-79-115(134-117)126(107-96-123(141-87-59-45-39-33-27-21-15-9-3)132(144-90-62-48-42-36-30-24-18-12-6)124(97-107)142-88-60-46-40-34-28-22-16-10-4)119-98-112-127-111-70-56-55-66-102(111)74-84-120(127)138(110-77-73-101-65-51-54-69-105(101)93-110)130(128(112)136-119)118-83-80-114(125)135-118/h49-56,63-84,91-98,130,134H,7-48,57-62,85-90H2,1-6H3/b125-114-,126-119-,129-116+. The molecule has 0 spiro atoms. The van der Waals surface area contributed by atoms with E-state index < -0.39 is 6.04 Å². The van der Waals surface area contributed by atoms with Gasteiger partial charge in [0, 0.05) is 45.0 Å². The molecule has 144 heavy (non-hydrogen) atoms. The number of hydrogen-bond donors (Lipinski definition) is 1. The fourth-order valence-electron chi connectivity index (χ4n) is 21.8. The van der Waals surface area contributed by atoms with Crippen molar-refractivity contribution < 1.29 is 28.4 Å². The zero-order chi connectivity index (χ0) is 98.9. The number of aromatic amines is 1. The summed E-state index contributed by atoms with van der Waals surface area (Å²) in [7, 11) is 0. The lowest BCUT2D eigenvalue weighted by Gasteiger charge is -2.40. The largest absolute Gasteiger partial charge is 0.490 e. The number of rotatable bonds is 66. The molecule has 0 saturated heterocycles. The van der Waals surface area contributed by atoms with Crippen LogP contribution in [0.1, 0.15) is 378 Å². The van der Waals surface area contributed by atoms with Crippen molar-refractivity contribution in [1.29, 1.82) is 0 Å². The fraction of sp³-hybridized carbons (Fsp3) is 0.462. The molecule has 1 unspecified atom stereocenters. The average molecular weight is 1930 g/mol. The Morgan fingerprint density at radius 2 is 0.653 bits per heavy atom. The second-order valence-electron chi connectivity index (χ2n) is 41.2. The van der Waals surface area contributed by atoms with Gasteiger partial charge in [0.15, 0.2) is 23.0 Å². The number of nitrogens with zero attached hydrogens (tertiary/aromatic N) is 5. The van der Waals surface area contributed by atoms with Gasteiger partial charge in [-0.3, -0.25) is 4.99 Å². The number of allylic oxidation sites excluding steroid dienone is 5.